The monoisotopic (exact) mass is 323 g/mol. The van der Waals surface area contributed by atoms with Crippen LogP contribution in [0.3, 0.4) is 0 Å². The van der Waals surface area contributed by atoms with Crippen molar-refractivity contribution in [3.8, 4) is 0 Å². The maximum Gasteiger partial charge on any atom is 0.243 e. The van der Waals surface area contributed by atoms with E-state index in [9.17, 15) is 4.79 Å². The van der Waals surface area contributed by atoms with Gasteiger partial charge in [-0.3, -0.25) is 4.79 Å². The summed E-state index contributed by atoms with van der Waals surface area (Å²) in [5, 5.41) is 10.4. The van der Waals surface area contributed by atoms with Gasteiger partial charge in [-0.25, -0.2) is 4.99 Å². The molecule has 0 aromatic carbocycles. The number of hydrogen-bond acceptors (Lipinski definition) is 4. The smallest absolute Gasteiger partial charge is 0.243 e. The molecule has 0 aliphatic rings. The van der Waals surface area contributed by atoms with Crippen molar-refractivity contribution in [2.75, 3.05) is 27.2 Å². The summed E-state index contributed by atoms with van der Waals surface area (Å²) in [6.07, 6.45) is 0. The zero-order valence-corrected chi connectivity index (χ0v) is 15.0. The van der Waals surface area contributed by atoms with Crippen molar-refractivity contribution in [1.82, 2.24) is 20.7 Å². The fraction of sp³-hybridized carbons (Fsp3) is 0.688. The minimum absolute atomic E-state index is 0.0441. The number of guanidine groups is 1. The Labute approximate surface area is 138 Å². The van der Waals surface area contributed by atoms with Gasteiger partial charge in [0.15, 0.2) is 11.7 Å². The van der Waals surface area contributed by atoms with Crippen LogP contribution in [0.1, 0.15) is 45.1 Å². The Bertz CT molecular complexity index is 520. The SMILES string of the molecule is CC(C)CNC(=NCC(=O)N(C)C)NCc1cc(C(C)C)no1. The molecule has 0 radical (unpaired) electrons. The Kier molecular flexibility index (Phi) is 7.57. The number of nitrogens with zero attached hydrogens (tertiary/aromatic N) is 3. The highest BCUT2D eigenvalue weighted by atomic mass is 16.5. The molecule has 1 aromatic rings. The summed E-state index contributed by atoms with van der Waals surface area (Å²) in [6.45, 7) is 9.71. The molecule has 0 aliphatic heterocycles. The Hall–Kier alpha value is -2.05. The van der Waals surface area contributed by atoms with E-state index in [0.717, 1.165) is 18.0 Å². The van der Waals surface area contributed by atoms with Crippen molar-refractivity contribution in [3.05, 3.63) is 17.5 Å². The van der Waals surface area contributed by atoms with E-state index in [-0.39, 0.29) is 12.5 Å². The lowest BCUT2D eigenvalue weighted by atomic mass is 10.1. The Morgan fingerprint density at radius 3 is 2.52 bits per heavy atom. The molecule has 2 N–H and O–H groups in total. The summed E-state index contributed by atoms with van der Waals surface area (Å²) < 4.78 is 5.30. The summed E-state index contributed by atoms with van der Waals surface area (Å²) in [5.41, 5.74) is 0.929. The predicted molar refractivity (Wildman–Crippen MR) is 91.3 cm³/mol. The highest BCUT2D eigenvalue weighted by Crippen LogP contribution is 2.13. The number of aromatic nitrogens is 1. The molecule has 1 rings (SSSR count). The number of likely N-dealkylation sites (N-methyl/N-ethyl adjacent to an activating group) is 1. The van der Waals surface area contributed by atoms with Crippen LogP contribution in [0.2, 0.25) is 0 Å². The second-order valence-corrected chi connectivity index (χ2v) is 6.45. The first kappa shape index (κ1) is 19.0. The Morgan fingerprint density at radius 1 is 1.30 bits per heavy atom. The fourth-order valence-corrected chi connectivity index (χ4v) is 1.62. The molecule has 1 heterocycles. The van der Waals surface area contributed by atoms with E-state index in [1.165, 1.54) is 4.90 Å². The maximum atomic E-state index is 11.7. The molecular weight excluding hydrogens is 294 g/mol. The molecule has 0 saturated heterocycles. The van der Waals surface area contributed by atoms with Crippen molar-refractivity contribution >= 4 is 11.9 Å². The second-order valence-electron chi connectivity index (χ2n) is 6.45. The van der Waals surface area contributed by atoms with E-state index in [2.05, 4.69) is 48.5 Å². The molecule has 130 valence electrons. The van der Waals surface area contributed by atoms with Crippen LogP contribution >= 0.6 is 0 Å². The average molecular weight is 323 g/mol. The molecule has 1 aromatic heterocycles. The van der Waals surface area contributed by atoms with Gasteiger partial charge in [0.05, 0.1) is 12.2 Å². The molecule has 0 atom stereocenters. The van der Waals surface area contributed by atoms with Crippen LogP contribution in [0.25, 0.3) is 0 Å². The van der Waals surface area contributed by atoms with E-state index in [1.54, 1.807) is 14.1 Å². The van der Waals surface area contributed by atoms with Crippen LogP contribution in [0.15, 0.2) is 15.6 Å². The lowest BCUT2D eigenvalue weighted by Gasteiger charge is -2.14. The molecule has 23 heavy (non-hydrogen) atoms. The molecular formula is C16H29N5O2. The molecule has 0 unspecified atom stereocenters. The lowest BCUT2D eigenvalue weighted by molar-refractivity contribution is -0.127. The van der Waals surface area contributed by atoms with E-state index >= 15 is 0 Å². The van der Waals surface area contributed by atoms with Gasteiger partial charge >= 0.3 is 0 Å². The fourth-order valence-electron chi connectivity index (χ4n) is 1.62. The summed E-state index contributed by atoms with van der Waals surface area (Å²) in [7, 11) is 3.43. The summed E-state index contributed by atoms with van der Waals surface area (Å²) in [5.74, 6) is 2.10. The topological polar surface area (TPSA) is 82.8 Å². The molecule has 1 amide bonds. The third kappa shape index (κ3) is 7.17. The van der Waals surface area contributed by atoms with Gasteiger partial charge in [0.1, 0.15) is 6.54 Å². The molecule has 7 nitrogen and oxygen atoms in total. The van der Waals surface area contributed by atoms with Gasteiger partial charge < -0.3 is 20.1 Å². The molecule has 0 bridgehead atoms. The standard InChI is InChI=1S/C16H29N5O2/c1-11(2)8-17-16(19-10-15(22)21(5)6)18-9-13-7-14(12(3)4)20-23-13/h7,11-12H,8-10H2,1-6H3,(H2,17,18,19). The van der Waals surface area contributed by atoms with Crippen molar-refractivity contribution in [1.29, 1.82) is 0 Å². The number of nitrogens with one attached hydrogen (secondary N) is 2. The van der Waals surface area contributed by atoms with Crippen molar-refractivity contribution in [2.24, 2.45) is 10.9 Å². The quantitative estimate of drug-likeness (QED) is 0.588. The summed E-state index contributed by atoms with van der Waals surface area (Å²) in [6, 6.07) is 1.93. The van der Waals surface area contributed by atoms with E-state index < -0.39 is 0 Å². The first-order valence-electron chi connectivity index (χ1n) is 7.97. The number of aliphatic imine (C=N–C) groups is 1. The molecule has 0 saturated carbocycles. The van der Waals surface area contributed by atoms with Crippen LogP contribution in [0.5, 0.6) is 0 Å². The van der Waals surface area contributed by atoms with Gasteiger partial charge in [-0.2, -0.15) is 0 Å². The van der Waals surface area contributed by atoms with Crippen LogP contribution in [-0.4, -0.2) is 49.1 Å². The highest BCUT2D eigenvalue weighted by molar-refractivity contribution is 5.84. The zero-order valence-electron chi connectivity index (χ0n) is 15.0. The van der Waals surface area contributed by atoms with Gasteiger partial charge in [-0.1, -0.05) is 32.9 Å². The minimum atomic E-state index is -0.0441. The van der Waals surface area contributed by atoms with E-state index in [4.69, 9.17) is 4.52 Å². The minimum Gasteiger partial charge on any atom is -0.359 e. The van der Waals surface area contributed by atoms with Crippen molar-refractivity contribution in [2.45, 2.75) is 40.2 Å². The molecule has 0 aliphatic carbocycles. The highest BCUT2D eigenvalue weighted by Gasteiger charge is 2.09. The largest absolute Gasteiger partial charge is 0.359 e. The van der Waals surface area contributed by atoms with E-state index in [0.29, 0.717) is 24.3 Å². The predicted octanol–water partition coefficient (Wildman–Crippen LogP) is 1.58. The Morgan fingerprint density at radius 2 is 2.00 bits per heavy atom. The third-order valence-electron chi connectivity index (χ3n) is 3.15. The lowest BCUT2D eigenvalue weighted by Crippen LogP contribution is -2.39. The van der Waals surface area contributed by atoms with Gasteiger partial charge in [0.2, 0.25) is 5.91 Å². The zero-order chi connectivity index (χ0) is 17.4. The van der Waals surface area contributed by atoms with Gasteiger partial charge in [-0.15, -0.1) is 0 Å². The number of carbonyl (C=O) groups is 1. The normalized spacial score (nSPS) is 11.9. The first-order valence-corrected chi connectivity index (χ1v) is 7.97. The van der Waals surface area contributed by atoms with Crippen molar-refractivity contribution < 1.29 is 9.32 Å². The van der Waals surface area contributed by atoms with Gasteiger partial charge in [0.25, 0.3) is 0 Å². The second kappa shape index (κ2) is 9.17. The van der Waals surface area contributed by atoms with Crippen LogP contribution in [0.4, 0.5) is 0 Å². The van der Waals surface area contributed by atoms with Crippen LogP contribution in [-0.2, 0) is 11.3 Å². The van der Waals surface area contributed by atoms with Crippen LogP contribution < -0.4 is 10.6 Å². The number of amides is 1. The molecule has 0 fully saturated rings. The van der Waals surface area contributed by atoms with Crippen LogP contribution in [0, 0.1) is 5.92 Å². The molecule has 7 heteroatoms. The van der Waals surface area contributed by atoms with Gasteiger partial charge in [-0.05, 0) is 11.8 Å². The number of hydrogen-bond donors (Lipinski definition) is 2. The maximum absolute atomic E-state index is 11.7. The molecule has 0 spiro atoms. The first-order chi connectivity index (χ1) is 10.8. The van der Waals surface area contributed by atoms with Crippen molar-refractivity contribution in [3.63, 3.8) is 0 Å². The third-order valence-corrected chi connectivity index (χ3v) is 3.15. The number of carbonyl (C=O) groups excluding carboxylic acids is 1. The summed E-state index contributed by atoms with van der Waals surface area (Å²) >= 11 is 0. The number of rotatable bonds is 7. The van der Waals surface area contributed by atoms with E-state index in [1.807, 2.05) is 6.07 Å². The average Bonchev–Trinajstić information content (AvgIpc) is 2.94. The summed E-state index contributed by atoms with van der Waals surface area (Å²) in [4.78, 5) is 17.5. The van der Waals surface area contributed by atoms with Gasteiger partial charge in [0, 0.05) is 26.7 Å². The Balaban J connectivity index is 2.63.